The van der Waals surface area contributed by atoms with Crippen molar-refractivity contribution in [2.24, 2.45) is 0 Å². The summed E-state index contributed by atoms with van der Waals surface area (Å²) in [5, 5.41) is 3.65. The molecule has 1 aromatic carbocycles. The van der Waals surface area contributed by atoms with E-state index in [0.29, 0.717) is 6.04 Å². The van der Waals surface area contributed by atoms with Crippen LogP contribution in [0.2, 0.25) is 0 Å². The van der Waals surface area contributed by atoms with Gasteiger partial charge in [-0.2, -0.15) is 0 Å². The first-order chi connectivity index (χ1) is 9.38. The van der Waals surface area contributed by atoms with Crippen LogP contribution in [-0.4, -0.2) is 13.7 Å². The first kappa shape index (κ1) is 13.0. The summed E-state index contributed by atoms with van der Waals surface area (Å²) in [4.78, 5) is 0. The molecule has 3 rings (SSSR count). The third-order valence-corrected chi connectivity index (χ3v) is 4.77. The maximum Gasteiger partial charge on any atom is 0.123 e. The highest BCUT2D eigenvalue weighted by molar-refractivity contribution is 5.41. The minimum atomic E-state index is 0.491. The summed E-state index contributed by atoms with van der Waals surface area (Å²) in [6, 6.07) is 7.36. The average Bonchev–Trinajstić information content (AvgIpc) is 3.02. The highest BCUT2D eigenvalue weighted by atomic mass is 16.5. The van der Waals surface area contributed by atoms with Gasteiger partial charge in [0.05, 0.1) is 7.11 Å². The monoisotopic (exact) mass is 259 g/mol. The Morgan fingerprint density at radius 3 is 2.53 bits per heavy atom. The lowest BCUT2D eigenvalue weighted by Crippen LogP contribution is -2.27. The van der Waals surface area contributed by atoms with Gasteiger partial charge in [-0.05, 0) is 49.8 Å². The van der Waals surface area contributed by atoms with E-state index in [2.05, 4.69) is 23.5 Å². The lowest BCUT2D eigenvalue weighted by molar-refractivity contribution is 0.373. The van der Waals surface area contributed by atoms with Crippen LogP contribution in [0.5, 0.6) is 5.75 Å². The normalized spacial score (nSPS) is 24.6. The van der Waals surface area contributed by atoms with Crippen molar-refractivity contribution >= 4 is 0 Å². The van der Waals surface area contributed by atoms with E-state index in [1.54, 1.807) is 7.11 Å². The second-order valence-corrected chi connectivity index (χ2v) is 5.99. The molecular weight excluding hydrogens is 234 g/mol. The lowest BCUT2D eigenvalue weighted by atomic mass is 9.91. The Kier molecular flexibility index (Phi) is 4.07. The van der Waals surface area contributed by atoms with Gasteiger partial charge >= 0.3 is 0 Å². The summed E-state index contributed by atoms with van der Waals surface area (Å²) in [5.74, 6) is 1.84. The summed E-state index contributed by atoms with van der Waals surface area (Å²) in [6.07, 6.45) is 9.40. The van der Waals surface area contributed by atoms with Crippen LogP contribution in [0.4, 0.5) is 0 Å². The van der Waals surface area contributed by atoms with Crippen LogP contribution in [0, 0.1) is 0 Å². The summed E-state index contributed by atoms with van der Waals surface area (Å²) in [6.45, 7) is 1.14. The minimum Gasteiger partial charge on any atom is -0.496 e. The van der Waals surface area contributed by atoms with Gasteiger partial charge in [-0.25, -0.2) is 0 Å². The van der Waals surface area contributed by atoms with E-state index >= 15 is 0 Å². The van der Waals surface area contributed by atoms with Gasteiger partial charge in [-0.3, -0.25) is 0 Å². The summed E-state index contributed by atoms with van der Waals surface area (Å²) < 4.78 is 5.58. The molecule has 0 amide bonds. The molecule has 1 saturated carbocycles. The zero-order valence-electron chi connectivity index (χ0n) is 12.0. The number of hydrogen-bond donors (Lipinski definition) is 1. The smallest absolute Gasteiger partial charge is 0.123 e. The molecule has 1 aliphatic carbocycles. The standard InChI is InChI=1S/C17H25NO/c1-19-17-10-9-14(13-6-2-3-7-13)12-15(17)16-8-4-5-11-18-16/h9-10,12-13,16,18H,2-8,11H2,1H3. The molecule has 0 bridgehead atoms. The third kappa shape index (κ3) is 2.79. The van der Waals surface area contributed by atoms with Crippen LogP contribution < -0.4 is 10.1 Å². The molecule has 1 unspecified atom stereocenters. The average molecular weight is 259 g/mol. The second-order valence-electron chi connectivity index (χ2n) is 5.99. The minimum absolute atomic E-state index is 0.491. The van der Waals surface area contributed by atoms with Crippen LogP contribution in [0.1, 0.15) is 68.0 Å². The molecule has 2 fully saturated rings. The lowest BCUT2D eigenvalue weighted by Gasteiger charge is -2.26. The maximum atomic E-state index is 5.58. The number of benzene rings is 1. The quantitative estimate of drug-likeness (QED) is 0.879. The zero-order valence-corrected chi connectivity index (χ0v) is 12.0. The van der Waals surface area contributed by atoms with Gasteiger partial charge in [0.15, 0.2) is 0 Å². The van der Waals surface area contributed by atoms with Crippen molar-refractivity contribution in [1.82, 2.24) is 5.32 Å². The fraction of sp³-hybridized carbons (Fsp3) is 0.647. The van der Waals surface area contributed by atoms with E-state index in [4.69, 9.17) is 4.74 Å². The van der Waals surface area contributed by atoms with Crippen molar-refractivity contribution in [2.75, 3.05) is 13.7 Å². The first-order valence-electron chi connectivity index (χ1n) is 7.79. The van der Waals surface area contributed by atoms with Crippen molar-refractivity contribution in [2.45, 2.75) is 56.9 Å². The fourth-order valence-corrected chi connectivity index (χ4v) is 3.66. The molecule has 1 N–H and O–H groups in total. The predicted molar refractivity (Wildman–Crippen MR) is 78.8 cm³/mol. The van der Waals surface area contributed by atoms with E-state index < -0.39 is 0 Å². The number of hydrogen-bond acceptors (Lipinski definition) is 2. The Morgan fingerprint density at radius 1 is 1.05 bits per heavy atom. The Bertz CT molecular complexity index is 417. The molecule has 1 heterocycles. The second kappa shape index (κ2) is 5.96. The molecule has 2 aliphatic rings. The third-order valence-electron chi connectivity index (χ3n) is 4.77. The van der Waals surface area contributed by atoms with E-state index in [1.165, 1.54) is 56.1 Å². The zero-order chi connectivity index (χ0) is 13.1. The molecule has 0 spiro atoms. The summed E-state index contributed by atoms with van der Waals surface area (Å²) >= 11 is 0. The van der Waals surface area contributed by atoms with E-state index in [9.17, 15) is 0 Å². The highest BCUT2D eigenvalue weighted by Gasteiger charge is 2.22. The molecule has 104 valence electrons. The molecule has 1 saturated heterocycles. The Hall–Kier alpha value is -1.02. The predicted octanol–water partition coefficient (Wildman–Crippen LogP) is 4.17. The molecule has 1 atom stereocenters. The van der Waals surface area contributed by atoms with E-state index in [1.807, 2.05) is 0 Å². The Labute approximate surface area is 116 Å². The topological polar surface area (TPSA) is 21.3 Å². The Balaban J connectivity index is 1.87. The van der Waals surface area contributed by atoms with Gasteiger partial charge < -0.3 is 10.1 Å². The number of piperidine rings is 1. The van der Waals surface area contributed by atoms with Crippen LogP contribution in [0.25, 0.3) is 0 Å². The largest absolute Gasteiger partial charge is 0.496 e. The molecule has 1 aliphatic heterocycles. The SMILES string of the molecule is COc1ccc(C2CCCC2)cc1C1CCCCN1. The van der Waals surface area contributed by atoms with Gasteiger partial charge in [-0.1, -0.05) is 31.4 Å². The van der Waals surface area contributed by atoms with Gasteiger partial charge in [0, 0.05) is 11.6 Å². The van der Waals surface area contributed by atoms with Gasteiger partial charge in [-0.15, -0.1) is 0 Å². The molecule has 1 aromatic rings. The highest BCUT2D eigenvalue weighted by Crippen LogP contribution is 2.38. The molecule has 2 heteroatoms. The van der Waals surface area contributed by atoms with Gasteiger partial charge in [0.2, 0.25) is 0 Å². The molecule has 2 nitrogen and oxygen atoms in total. The van der Waals surface area contributed by atoms with Crippen molar-refractivity contribution in [3.63, 3.8) is 0 Å². The van der Waals surface area contributed by atoms with Crippen molar-refractivity contribution in [3.05, 3.63) is 29.3 Å². The molecule has 0 aromatic heterocycles. The van der Waals surface area contributed by atoms with E-state index in [-0.39, 0.29) is 0 Å². The van der Waals surface area contributed by atoms with Crippen LogP contribution in [-0.2, 0) is 0 Å². The van der Waals surface area contributed by atoms with E-state index in [0.717, 1.165) is 18.2 Å². The molecule has 19 heavy (non-hydrogen) atoms. The molecular formula is C17H25NO. The number of nitrogens with one attached hydrogen (secondary N) is 1. The van der Waals surface area contributed by atoms with Crippen LogP contribution in [0.3, 0.4) is 0 Å². The Morgan fingerprint density at radius 2 is 1.84 bits per heavy atom. The number of rotatable bonds is 3. The summed E-state index contributed by atoms with van der Waals surface area (Å²) in [5.41, 5.74) is 2.91. The van der Waals surface area contributed by atoms with Crippen molar-refractivity contribution in [3.8, 4) is 5.75 Å². The van der Waals surface area contributed by atoms with Crippen molar-refractivity contribution < 1.29 is 4.74 Å². The maximum absolute atomic E-state index is 5.58. The van der Waals surface area contributed by atoms with Crippen LogP contribution >= 0.6 is 0 Å². The number of methoxy groups -OCH3 is 1. The van der Waals surface area contributed by atoms with Crippen molar-refractivity contribution in [1.29, 1.82) is 0 Å². The van der Waals surface area contributed by atoms with Gasteiger partial charge in [0.1, 0.15) is 5.75 Å². The van der Waals surface area contributed by atoms with Gasteiger partial charge in [0.25, 0.3) is 0 Å². The summed E-state index contributed by atoms with van der Waals surface area (Å²) in [7, 11) is 1.79. The fourth-order valence-electron chi connectivity index (χ4n) is 3.66. The molecule has 0 radical (unpaired) electrons. The first-order valence-corrected chi connectivity index (χ1v) is 7.79. The number of ether oxygens (including phenoxy) is 1. The van der Waals surface area contributed by atoms with Crippen LogP contribution in [0.15, 0.2) is 18.2 Å².